The van der Waals surface area contributed by atoms with Gasteiger partial charge >= 0.3 is 6.09 Å². The number of hydrogen-bond donors (Lipinski definition) is 1. The molecule has 0 spiro atoms. The number of aromatic hydroxyl groups is 1. The fourth-order valence-corrected chi connectivity index (χ4v) is 7.09. The Morgan fingerprint density at radius 3 is 2.36 bits per heavy atom. The van der Waals surface area contributed by atoms with Crippen molar-refractivity contribution in [3.8, 4) is 16.9 Å². The first-order chi connectivity index (χ1) is 20.8. The second-order valence-corrected chi connectivity index (χ2v) is 13.4. The molecule has 0 saturated heterocycles. The molecular formula is C33H34ClF2N3O4S. The summed E-state index contributed by atoms with van der Waals surface area (Å²) < 4.78 is 34.9. The van der Waals surface area contributed by atoms with Gasteiger partial charge in [0.1, 0.15) is 27.9 Å². The van der Waals surface area contributed by atoms with E-state index >= 15 is 0 Å². The van der Waals surface area contributed by atoms with Gasteiger partial charge in [-0.3, -0.25) is 9.78 Å². The molecule has 44 heavy (non-hydrogen) atoms. The van der Waals surface area contributed by atoms with Gasteiger partial charge in [0.25, 0.3) is 5.91 Å². The van der Waals surface area contributed by atoms with Gasteiger partial charge < -0.3 is 19.6 Å². The number of thiophene rings is 1. The van der Waals surface area contributed by atoms with Crippen molar-refractivity contribution in [2.45, 2.75) is 70.7 Å². The lowest BCUT2D eigenvalue weighted by Gasteiger charge is -2.40. The Kier molecular flexibility index (Phi) is 9.13. The molecule has 0 bridgehead atoms. The molecule has 4 aromatic rings. The number of nitrogens with zero attached hydrogens (tertiary/aromatic N) is 3. The van der Waals surface area contributed by atoms with E-state index in [2.05, 4.69) is 4.98 Å². The molecular weight excluding hydrogens is 608 g/mol. The standard InChI is InChI=1S/C33H34ClF2N3O4S/c1-33(2,3)43-32(42)38(4)22-8-10-23(11-9-22)39(18-21-16-19(7-14-26(21)40)20-6-5-15-37-17-20)31(41)30-28(34)27-24(35)12-13-25(36)29(27)44-30/h5-7,12-17,22-23,40H,8-11,18H2,1-4H3. The van der Waals surface area contributed by atoms with Crippen molar-refractivity contribution in [1.82, 2.24) is 14.8 Å². The topological polar surface area (TPSA) is 83.0 Å². The minimum absolute atomic E-state index is 0.00770. The third kappa shape index (κ3) is 6.66. The summed E-state index contributed by atoms with van der Waals surface area (Å²) in [4.78, 5) is 34.4. The maximum atomic E-state index is 14.7. The summed E-state index contributed by atoms with van der Waals surface area (Å²) in [5.74, 6) is -1.84. The maximum Gasteiger partial charge on any atom is 0.410 e. The van der Waals surface area contributed by atoms with E-state index in [-0.39, 0.29) is 44.4 Å². The number of carbonyl (C=O) groups excluding carboxylic acids is 2. The molecule has 5 rings (SSSR count). The largest absolute Gasteiger partial charge is 0.508 e. The second-order valence-electron chi connectivity index (χ2n) is 12.1. The summed E-state index contributed by atoms with van der Waals surface area (Å²) in [5, 5.41) is 10.6. The molecule has 2 aromatic carbocycles. The van der Waals surface area contributed by atoms with E-state index in [4.69, 9.17) is 16.3 Å². The maximum absolute atomic E-state index is 14.7. The van der Waals surface area contributed by atoms with Crippen LogP contribution >= 0.6 is 22.9 Å². The van der Waals surface area contributed by atoms with Crippen LogP contribution in [0.3, 0.4) is 0 Å². The van der Waals surface area contributed by atoms with Gasteiger partial charge in [-0.1, -0.05) is 23.7 Å². The Balaban J connectivity index is 1.47. The molecule has 0 atom stereocenters. The highest BCUT2D eigenvalue weighted by atomic mass is 35.5. The van der Waals surface area contributed by atoms with Crippen molar-refractivity contribution < 1.29 is 28.2 Å². The van der Waals surface area contributed by atoms with Crippen molar-refractivity contribution in [3.63, 3.8) is 0 Å². The van der Waals surface area contributed by atoms with Crippen molar-refractivity contribution in [2.75, 3.05) is 7.05 Å². The number of amides is 2. The molecule has 1 aliphatic carbocycles. The second kappa shape index (κ2) is 12.7. The molecule has 0 unspecified atom stereocenters. The number of halogens is 3. The first-order valence-corrected chi connectivity index (χ1v) is 15.6. The number of ether oxygens (including phenoxy) is 1. The number of carbonyl (C=O) groups is 2. The zero-order chi connectivity index (χ0) is 31.8. The highest BCUT2D eigenvalue weighted by molar-refractivity contribution is 7.21. The number of pyridine rings is 1. The van der Waals surface area contributed by atoms with Gasteiger partial charge in [0.15, 0.2) is 0 Å². The summed E-state index contributed by atoms with van der Waals surface area (Å²) in [6.07, 6.45) is 5.29. The fraction of sp³-hybridized carbons (Fsp3) is 0.364. The van der Waals surface area contributed by atoms with Gasteiger partial charge in [-0.05, 0) is 82.3 Å². The van der Waals surface area contributed by atoms with E-state index in [0.717, 1.165) is 34.6 Å². The predicted octanol–water partition coefficient (Wildman–Crippen LogP) is 8.42. The first kappa shape index (κ1) is 31.7. The number of hydrogen-bond acceptors (Lipinski definition) is 6. The molecule has 1 aliphatic rings. The third-order valence-corrected chi connectivity index (χ3v) is 9.56. The average Bonchev–Trinajstić information content (AvgIpc) is 3.36. The normalized spacial score (nSPS) is 17.0. The zero-order valence-electron chi connectivity index (χ0n) is 24.9. The Morgan fingerprint density at radius 2 is 1.73 bits per heavy atom. The van der Waals surface area contributed by atoms with Gasteiger partial charge in [-0.25, -0.2) is 13.6 Å². The van der Waals surface area contributed by atoms with E-state index in [9.17, 15) is 23.5 Å². The molecule has 1 saturated carbocycles. The number of phenols is 1. The van der Waals surface area contributed by atoms with Crippen LogP contribution in [0.15, 0.2) is 54.9 Å². The highest BCUT2D eigenvalue weighted by Gasteiger charge is 2.35. The van der Waals surface area contributed by atoms with Gasteiger partial charge in [0, 0.05) is 49.2 Å². The smallest absolute Gasteiger partial charge is 0.410 e. The molecule has 2 amide bonds. The molecule has 11 heteroatoms. The van der Waals surface area contributed by atoms with Crippen LogP contribution in [0.2, 0.25) is 5.02 Å². The minimum Gasteiger partial charge on any atom is -0.508 e. The first-order valence-electron chi connectivity index (χ1n) is 14.4. The summed E-state index contributed by atoms with van der Waals surface area (Å²) in [6, 6.07) is 10.5. The molecule has 1 fully saturated rings. The Morgan fingerprint density at radius 1 is 1.05 bits per heavy atom. The number of fused-ring (bicyclic) bond motifs is 1. The quantitative estimate of drug-likeness (QED) is 0.229. The molecule has 0 aliphatic heterocycles. The summed E-state index contributed by atoms with van der Waals surface area (Å²) in [6.45, 7) is 5.48. The highest BCUT2D eigenvalue weighted by Crippen LogP contribution is 2.41. The van der Waals surface area contributed by atoms with Gasteiger partial charge in [-0.2, -0.15) is 0 Å². The van der Waals surface area contributed by atoms with Gasteiger partial charge in [-0.15, -0.1) is 11.3 Å². The number of benzene rings is 2. The Labute approximate surface area is 264 Å². The molecule has 2 aromatic heterocycles. The van der Waals surface area contributed by atoms with Crippen molar-refractivity contribution >= 4 is 45.0 Å². The van der Waals surface area contributed by atoms with E-state index < -0.39 is 29.2 Å². The average molecular weight is 642 g/mol. The van der Waals surface area contributed by atoms with Crippen molar-refractivity contribution in [1.29, 1.82) is 0 Å². The SMILES string of the molecule is CN(C(=O)OC(C)(C)C)C1CCC(N(Cc2cc(-c3cccnc3)ccc2O)C(=O)c2sc3c(F)ccc(F)c3c2Cl)CC1. The van der Waals surface area contributed by atoms with E-state index in [1.807, 2.05) is 32.9 Å². The Hall–Kier alpha value is -3.76. The lowest BCUT2D eigenvalue weighted by molar-refractivity contribution is 0.0144. The number of rotatable bonds is 6. The molecule has 0 radical (unpaired) electrons. The number of aromatic nitrogens is 1. The predicted molar refractivity (Wildman–Crippen MR) is 168 cm³/mol. The molecule has 7 nitrogen and oxygen atoms in total. The van der Waals surface area contributed by atoms with E-state index in [1.54, 1.807) is 47.4 Å². The lowest BCUT2D eigenvalue weighted by Crippen LogP contribution is -2.47. The molecule has 2 heterocycles. The van der Waals surface area contributed by atoms with Crippen LogP contribution in [-0.4, -0.2) is 56.6 Å². The van der Waals surface area contributed by atoms with Crippen LogP contribution in [0.4, 0.5) is 13.6 Å². The third-order valence-electron chi connectivity index (χ3n) is 7.89. The zero-order valence-corrected chi connectivity index (χ0v) is 26.5. The summed E-state index contributed by atoms with van der Waals surface area (Å²) in [7, 11) is 1.71. The van der Waals surface area contributed by atoms with Crippen LogP contribution in [0.1, 0.15) is 61.7 Å². The summed E-state index contributed by atoms with van der Waals surface area (Å²) in [5.41, 5.74) is 1.53. The van der Waals surface area contributed by atoms with Crippen LogP contribution in [-0.2, 0) is 11.3 Å². The lowest BCUT2D eigenvalue weighted by atomic mass is 9.89. The van der Waals surface area contributed by atoms with Crippen molar-refractivity contribution in [2.24, 2.45) is 0 Å². The van der Waals surface area contributed by atoms with Crippen LogP contribution < -0.4 is 0 Å². The molecule has 1 N–H and O–H groups in total. The van der Waals surface area contributed by atoms with Gasteiger partial charge in [0.05, 0.1) is 15.1 Å². The Bertz CT molecular complexity index is 1680. The monoisotopic (exact) mass is 641 g/mol. The molecule has 232 valence electrons. The van der Waals surface area contributed by atoms with E-state index in [0.29, 0.717) is 31.2 Å². The van der Waals surface area contributed by atoms with Gasteiger partial charge in [0.2, 0.25) is 0 Å². The number of phenolic OH excluding ortho intramolecular Hbond substituents is 1. The fourth-order valence-electron chi connectivity index (χ4n) is 5.58. The summed E-state index contributed by atoms with van der Waals surface area (Å²) >= 11 is 7.36. The van der Waals surface area contributed by atoms with Crippen molar-refractivity contribution in [3.05, 3.63) is 82.0 Å². The van der Waals surface area contributed by atoms with Crippen LogP contribution in [0.25, 0.3) is 21.2 Å². The minimum atomic E-state index is -0.708. The van der Waals surface area contributed by atoms with E-state index in [1.165, 1.54) is 0 Å². The van der Waals surface area contributed by atoms with Crippen LogP contribution in [0, 0.1) is 11.6 Å². The van der Waals surface area contributed by atoms with Crippen LogP contribution in [0.5, 0.6) is 5.75 Å².